The van der Waals surface area contributed by atoms with Crippen molar-refractivity contribution in [2.75, 3.05) is 36.5 Å². The lowest BCUT2D eigenvalue weighted by atomic mass is 9.89. The highest BCUT2D eigenvalue weighted by Crippen LogP contribution is 2.39. The number of nitrogens with one attached hydrogen (secondary N) is 2. The third-order valence-corrected chi connectivity index (χ3v) is 7.24. The van der Waals surface area contributed by atoms with Crippen LogP contribution in [0.4, 0.5) is 16.4 Å². The van der Waals surface area contributed by atoms with Gasteiger partial charge in [-0.3, -0.25) is 20.2 Å². The van der Waals surface area contributed by atoms with Gasteiger partial charge in [-0.15, -0.1) is 11.3 Å². The molecule has 1 fully saturated rings. The van der Waals surface area contributed by atoms with Crippen molar-refractivity contribution >= 4 is 51.0 Å². The van der Waals surface area contributed by atoms with E-state index in [2.05, 4.69) is 23.6 Å². The third-order valence-electron chi connectivity index (χ3n) is 5.86. The molecule has 0 saturated carbocycles. The fourth-order valence-electron chi connectivity index (χ4n) is 4.15. The van der Waals surface area contributed by atoms with Gasteiger partial charge in [0.05, 0.1) is 23.7 Å². The van der Waals surface area contributed by atoms with Crippen molar-refractivity contribution < 1.29 is 14.5 Å². The van der Waals surface area contributed by atoms with Crippen LogP contribution in [0, 0.1) is 27.4 Å². The van der Waals surface area contributed by atoms with E-state index in [1.165, 1.54) is 22.3 Å². The summed E-state index contributed by atoms with van der Waals surface area (Å²) in [4.78, 5) is 26.9. The number of nitrogens with zero attached hydrogens (tertiary/aromatic N) is 3. The smallest absolute Gasteiger partial charge is 0.293 e. The second-order valence-corrected chi connectivity index (χ2v) is 9.65. The second kappa shape index (κ2) is 9.82. The average Bonchev–Trinajstić information content (AvgIpc) is 3.14. The summed E-state index contributed by atoms with van der Waals surface area (Å²) in [5, 5.41) is 27.5. The van der Waals surface area contributed by atoms with E-state index in [1.807, 2.05) is 4.90 Å². The molecule has 11 heteroatoms. The SMILES string of the molecule is CC1CCc2c(sc(NC(=S)NC(=O)c3ccc(N4CCOCC4)c([N+](=O)[O-])c3)c2C#N)C1. The van der Waals surface area contributed by atoms with E-state index in [0.717, 1.165) is 24.8 Å². The maximum atomic E-state index is 12.7. The van der Waals surface area contributed by atoms with Crippen LogP contribution >= 0.6 is 23.6 Å². The number of hydrogen-bond acceptors (Lipinski definition) is 8. The quantitative estimate of drug-likeness (QED) is 0.383. The number of ether oxygens (including phenoxy) is 1. The minimum atomic E-state index is -0.558. The summed E-state index contributed by atoms with van der Waals surface area (Å²) in [6.07, 6.45) is 2.82. The highest BCUT2D eigenvalue weighted by atomic mass is 32.1. The molecule has 1 aromatic heterocycles. The summed E-state index contributed by atoms with van der Waals surface area (Å²) in [5.74, 6) is 0.0102. The Balaban J connectivity index is 1.48. The molecule has 2 aliphatic rings. The zero-order chi connectivity index (χ0) is 23.5. The van der Waals surface area contributed by atoms with Crippen molar-refractivity contribution in [3.05, 3.63) is 49.9 Å². The molecule has 2 N–H and O–H groups in total. The van der Waals surface area contributed by atoms with Crippen molar-refractivity contribution in [3.8, 4) is 6.07 Å². The molecule has 0 radical (unpaired) electrons. The topological polar surface area (TPSA) is 121 Å². The maximum Gasteiger partial charge on any atom is 0.293 e. The molecule has 0 spiro atoms. The number of carbonyl (C=O) groups excluding carboxylic acids is 1. The van der Waals surface area contributed by atoms with Crippen LogP contribution in [0.2, 0.25) is 0 Å². The molecular formula is C22H23N5O4S2. The maximum absolute atomic E-state index is 12.7. The number of nitro groups is 1. The Kier molecular flexibility index (Phi) is 6.88. The number of thiophene rings is 1. The Bertz CT molecular complexity index is 1150. The highest BCUT2D eigenvalue weighted by Gasteiger charge is 2.26. The van der Waals surface area contributed by atoms with E-state index in [0.29, 0.717) is 48.5 Å². The molecule has 2 aromatic rings. The summed E-state index contributed by atoms with van der Waals surface area (Å²) >= 11 is 6.78. The fraction of sp³-hybridized carbons (Fsp3) is 0.409. The summed E-state index contributed by atoms with van der Waals surface area (Å²) in [6.45, 7) is 4.27. The van der Waals surface area contributed by atoms with Crippen LogP contribution in [0.3, 0.4) is 0 Å². The number of nitriles is 1. The Morgan fingerprint density at radius 3 is 2.85 bits per heavy atom. The Hall–Kier alpha value is -3.07. The van der Waals surface area contributed by atoms with Gasteiger partial charge in [-0.2, -0.15) is 5.26 Å². The molecule has 1 unspecified atom stereocenters. The molecule has 1 aliphatic heterocycles. The first-order valence-electron chi connectivity index (χ1n) is 10.7. The first-order valence-corrected chi connectivity index (χ1v) is 11.9. The number of morpholine rings is 1. The lowest BCUT2D eigenvalue weighted by Crippen LogP contribution is -2.37. The van der Waals surface area contributed by atoms with Gasteiger partial charge in [-0.05, 0) is 55.1 Å². The lowest BCUT2D eigenvalue weighted by molar-refractivity contribution is -0.384. The van der Waals surface area contributed by atoms with Gasteiger partial charge in [0.2, 0.25) is 0 Å². The lowest BCUT2D eigenvalue weighted by Gasteiger charge is -2.28. The molecule has 1 amide bonds. The van der Waals surface area contributed by atoms with E-state index in [4.69, 9.17) is 17.0 Å². The number of nitro benzene ring substituents is 1. The van der Waals surface area contributed by atoms with Crippen LogP contribution in [-0.2, 0) is 17.6 Å². The van der Waals surface area contributed by atoms with Gasteiger partial charge in [0.15, 0.2) is 5.11 Å². The molecule has 9 nitrogen and oxygen atoms in total. The minimum Gasteiger partial charge on any atom is -0.378 e. The standard InChI is InChI=1S/C22H23N5O4S2/c1-13-2-4-15-16(12-23)21(33-19(15)10-13)25-22(32)24-20(28)14-3-5-17(18(11-14)27(29)30)26-6-8-31-9-7-26/h3,5,11,13H,2,4,6-10H2,1H3,(H2,24,25,28,32). The predicted molar refractivity (Wildman–Crippen MR) is 130 cm³/mol. The van der Waals surface area contributed by atoms with Crippen molar-refractivity contribution in [3.63, 3.8) is 0 Å². The van der Waals surface area contributed by atoms with Crippen LogP contribution in [0.25, 0.3) is 0 Å². The van der Waals surface area contributed by atoms with E-state index in [9.17, 15) is 20.2 Å². The molecule has 4 rings (SSSR count). The number of carbonyl (C=O) groups is 1. The van der Waals surface area contributed by atoms with Crippen molar-refractivity contribution in [2.24, 2.45) is 5.92 Å². The average molecular weight is 486 g/mol. The van der Waals surface area contributed by atoms with Gasteiger partial charge in [-0.25, -0.2) is 0 Å². The van der Waals surface area contributed by atoms with Crippen molar-refractivity contribution in [1.82, 2.24) is 5.32 Å². The third kappa shape index (κ3) is 4.98. The van der Waals surface area contributed by atoms with Crippen molar-refractivity contribution in [1.29, 1.82) is 5.26 Å². The largest absolute Gasteiger partial charge is 0.378 e. The molecule has 33 heavy (non-hydrogen) atoms. The number of anilines is 2. The second-order valence-electron chi connectivity index (χ2n) is 8.14. The van der Waals surface area contributed by atoms with Crippen LogP contribution in [0.15, 0.2) is 18.2 Å². The van der Waals surface area contributed by atoms with Gasteiger partial charge >= 0.3 is 0 Å². The highest BCUT2D eigenvalue weighted by molar-refractivity contribution is 7.80. The van der Waals surface area contributed by atoms with E-state index in [1.54, 1.807) is 12.1 Å². The number of amides is 1. The van der Waals surface area contributed by atoms with Crippen molar-refractivity contribution in [2.45, 2.75) is 26.2 Å². The summed E-state index contributed by atoms with van der Waals surface area (Å²) in [7, 11) is 0. The van der Waals surface area contributed by atoms with Crippen LogP contribution in [0.1, 0.15) is 39.7 Å². The monoisotopic (exact) mass is 485 g/mol. The number of fused-ring (bicyclic) bond motifs is 1. The van der Waals surface area contributed by atoms with Gasteiger partial charge in [0.1, 0.15) is 16.8 Å². The molecule has 1 saturated heterocycles. The molecule has 0 bridgehead atoms. The number of rotatable bonds is 4. The van der Waals surface area contributed by atoms with Gasteiger partial charge in [0.25, 0.3) is 11.6 Å². The van der Waals surface area contributed by atoms with Crippen LogP contribution in [0.5, 0.6) is 0 Å². The number of benzene rings is 1. The Morgan fingerprint density at radius 1 is 1.39 bits per heavy atom. The molecular weight excluding hydrogens is 462 g/mol. The Labute approximate surface area is 200 Å². The van der Waals surface area contributed by atoms with E-state index in [-0.39, 0.29) is 16.4 Å². The Morgan fingerprint density at radius 2 is 2.15 bits per heavy atom. The predicted octanol–water partition coefficient (Wildman–Crippen LogP) is 3.62. The fourth-order valence-corrected chi connectivity index (χ4v) is 5.77. The van der Waals surface area contributed by atoms with E-state index >= 15 is 0 Å². The van der Waals surface area contributed by atoms with Gasteiger partial charge in [0, 0.05) is 29.6 Å². The molecule has 1 atom stereocenters. The van der Waals surface area contributed by atoms with Gasteiger partial charge < -0.3 is 15.0 Å². The summed E-state index contributed by atoms with van der Waals surface area (Å²) in [6, 6.07) is 6.64. The van der Waals surface area contributed by atoms with Gasteiger partial charge in [-0.1, -0.05) is 6.92 Å². The van der Waals surface area contributed by atoms with Crippen LogP contribution < -0.4 is 15.5 Å². The molecule has 172 valence electrons. The minimum absolute atomic E-state index is 0.0445. The number of hydrogen-bond donors (Lipinski definition) is 2. The number of thiocarbonyl (C=S) groups is 1. The molecule has 2 heterocycles. The van der Waals surface area contributed by atoms with E-state index < -0.39 is 10.8 Å². The molecule has 1 aromatic carbocycles. The zero-order valence-corrected chi connectivity index (χ0v) is 19.7. The first-order chi connectivity index (χ1) is 15.9. The zero-order valence-electron chi connectivity index (χ0n) is 18.1. The first kappa shape index (κ1) is 23.1. The summed E-state index contributed by atoms with van der Waals surface area (Å²) < 4.78 is 5.31. The van der Waals surface area contributed by atoms with Crippen LogP contribution in [-0.4, -0.2) is 42.2 Å². The normalized spacial score (nSPS) is 17.6. The molecule has 1 aliphatic carbocycles. The summed E-state index contributed by atoms with van der Waals surface area (Å²) in [5.41, 5.74) is 2.08.